The number of rotatable bonds is 7. The lowest BCUT2D eigenvalue weighted by molar-refractivity contribution is -0.310. The highest BCUT2D eigenvalue weighted by atomic mass is 16.5. The molecule has 0 spiro atoms. The summed E-state index contributed by atoms with van der Waals surface area (Å²) in [5, 5.41) is 22.7. The molecule has 0 aliphatic heterocycles. The van der Waals surface area contributed by atoms with E-state index in [1.54, 1.807) is 0 Å². The van der Waals surface area contributed by atoms with Crippen LogP contribution in [0.3, 0.4) is 0 Å². The number of aliphatic hydroxyl groups is 1. The second-order valence-corrected chi connectivity index (χ2v) is 11.7. The number of aliphatic hydroxyl groups excluding tert-OH is 1. The van der Waals surface area contributed by atoms with Crippen LogP contribution in [0.25, 0.3) is 0 Å². The number of allylic oxidation sites excluding steroid dienone is 1. The zero-order valence-electron chi connectivity index (χ0n) is 21.0. The summed E-state index contributed by atoms with van der Waals surface area (Å²) in [4.78, 5) is 47.7. The lowest BCUT2D eigenvalue weighted by Crippen LogP contribution is -2.53. The largest absolute Gasteiger partial charge is 0.548 e. The van der Waals surface area contributed by atoms with Crippen LogP contribution in [0.2, 0.25) is 0 Å². The van der Waals surface area contributed by atoms with Crippen molar-refractivity contribution in [3.63, 3.8) is 0 Å². The first-order chi connectivity index (χ1) is 16.5. The Labute approximate surface area is 206 Å². The van der Waals surface area contributed by atoms with Crippen LogP contribution in [0.4, 0.5) is 0 Å². The Balaban J connectivity index is 1.35. The molecule has 3 fully saturated rings. The van der Waals surface area contributed by atoms with Gasteiger partial charge in [0.25, 0.3) is 0 Å². The summed E-state index contributed by atoms with van der Waals surface area (Å²) in [5.41, 5.74) is 1.36. The number of carboxylic acid groups (broad SMARTS) is 1. The Morgan fingerprint density at radius 3 is 2.54 bits per heavy atom. The van der Waals surface area contributed by atoms with Crippen LogP contribution < -0.4 is 10.4 Å². The standard InChI is InChI=1S/C27H39NO7/c1-15(29)24(25(33)34)28-22(31)8-9-23(32)35-21-7-6-19-18-5-4-16-14-17(30)10-12-26(16,2)20(18)11-13-27(19,21)3/h14-15,18-21,24,29H,4-13H2,1-3H3,(H,28,31)(H,33,34)/p-1/t15-,18+,19+,20+,21-,24-,26+,27+/m1/s1. The first-order valence-corrected chi connectivity index (χ1v) is 13.1. The third kappa shape index (κ3) is 4.78. The van der Waals surface area contributed by atoms with Crippen LogP contribution >= 0.6 is 0 Å². The Kier molecular flexibility index (Phi) is 7.15. The van der Waals surface area contributed by atoms with Gasteiger partial charge in [-0.1, -0.05) is 19.4 Å². The molecule has 0 heterocycles. The van der Waals surface area contributed by atoms with Crippen molar-refractivity contribution in [1.29, 1.82) is 0 Å². The molecule has 0 radical (unpaired) electrons. The Bertz CT molecular complexity index is 926. The third-order valence-electron chi connectivity index (χ3n) is 9.76. The fraction of sp³-hybridized carbons (Fsp3) is 0.778. The summed E-state index contributed by atoms with van der Waals surface area (Å²) in [7, 11) is 0. The molecule has 35 heavy (non-hydrogen) atoms. The minimum atomic E-state index is -1.57. The molecule has 0 unspecified atom stereocenters. The van der Waals surface area contributed by atoms with Crippen molar-refractivity contribution in [3.05, 3.63) is 11.6 Å². The van der Waals surface area contributed by atoms with Gasteiger partial charge in [0.15, 0.2) is 5.78 Å². The quantitative estimate of drug-likeness (QED) is 0.522. The number of esters is 1. The highest BCUT2D eigenvalue weighted by Crippen LogP contribution is 2.65. The van der Waals surface area contributed by atoms with E-state index in [0.29, 0.717) is 24.2 Å². The predicted molar refractivity (Wildman–Crippen MR) is 124 cm³/mol. The normalized spacial score (nSPS) is 37.7. The van der Waals surface area contributed by atoms with E-state index in [0.717, 1.165) is 44.9 Å². The van der Waals surface area contributed by atoms with Crippen molar-refractivity contribution < 1.29 is 34.1 Å². The van der Waals surface area contributed by atoms with Gasteiger partial charge in [-0.15, -0.1) is 0 Å². The molecule has 8 nitrogen and oxygen atoms in total. The maximum absolute atomic E-state index is 12.6. The van der Waals surface area contributed by atoms with Crippen molar-refractivity contribution in [2.75, 3.05) is 0 Å². The van der Waals surface area contributed by atoms with Crippen molar-refractivity contribution in [2.45, 2.75) is 103 Å². The molecule has 0 bridgehead atoms. The number of hydrogen-bond donors (Lipinski definition) is 2. The number of nitrogens with one attached hydrogen (secondary N) is 1. The van der Waals surface area contributed by atoms with Crippen LogP contribution in [-0.2, 0) is 23.9 Å². The van der Waals surface area contributed by atoms with Gasteiger partial charge in [-0.3, -0.25) is 14.4 Å². The van der Waals surface area contributed by atoms with E-state index in [1.165, 1.54) is 12.5 Å². The highest BCUT2D eigenvalue weighted by Gasteiger charge is 2.59. The number of carboxylic acids is 1. The molecule has 0 aromatic carbocycles. The summed E-state index contributed by atoms with van der Waals surface area (Å²) in [6, 6.07) is -1.52. The molecule has 1 amide bonds. The second kappa shape index (κ2) is 9.68. The fourth-order valence-electron chi connectivity index (χ4n) is 7.76. The molecular formula is C27H38NO7-. The number of fused-ring (bicyclic) bond motifs is 5. The van der Waals surface area contributed by atoms with Crippen LogP contribution in [0.15, 0.2) is 11.6 Å². The van der Waals surface area contributed by atoms with E-state index in [-0.39, 0.29) is 35.6 Å². The van der Waals surface area contributed by atoms with E-state index in [2.05, 4.69) is 19.2 Å². The van der Waals surface area contributed by atoms with Crippen molar-refractivity contribution in [3.8, 4) is 0 Å². The minimum absolute atomic E-state index is 0.0897. The molecule has 8 atom stereocenters. The molecule has 8 heteroatoms. The summed E-state index contributed by atoms with van der Waals surface area (Å²) < 4.78 is 5.91. The van der Waals surface area contributed by atoms with E-state index >= 15 is 0 Å². The van der Waals surface area contributed by atoms with Crippen LogP contribution in [-0.4, -0.2) is 47.0 Å². The molecule has 3 saturated carbocycles. The molecular weight excluding hydrogens is 450 g/mol. The number of ether oxygens (including phenoxy) is 1. The lowest BCUT2D eigenvalue weighted by atomic mass is 9.47. The van der Waals surface area contributed by atoms with Gasteiger partial charge in [0.1, 0.15) is 6.10 Å². The molecule has 2 N–H and O–H groups in total. The van der Waals surface area contributed by atoms with Gasteiger partial charge in [0.2, 0.25) is 5.91 Å². The topological polar surface area (TPSA) is 133 Å². The number of amides is 1. The van der Waals surface area contributed by atoms with Gasteiger partial charge < -0.3 is 25.1 Å². The maximum Gasteiger partial charge on any atom is 0.306 e. The van der Waals surface area contributed by atoms with Gasteiger partial charge in [0, 0.05) is 18.3 Å². The van der Waals surface area contributed by atoms with Gasteiger partial charge in [-0.05, 0) is 81.1 Å². The Morgan fingerprint density at radius 1 is 1.11 bits per heavy atom. The number of aliphatic carboxylic acids is 1. The summed E-state index contributed by atoms with van der Waals surface area (Å²) in [5.74, 6) is -0.790. The smallest absolute Gasteiger partial charge is 0.306 e. The van der Waals surface area contributed by atoms with Crippen LogP contribution in [0, 0.1) is 28.6 Å². The van der Waals surface area contributed by atoms with E-state index in [9.17, 15) is 29.4 Å². The zero-order chi connectivity index (χ0) is 25.5. The van der Waals surface area contributed by atoms with Crippen molar-refractivity contribution >= 4 is 23.6 Å². The molecule has 194 valence electrons. The SMILES string of the molecule is C[C@@H](O)[C@@H](NC(=O)CCC(=O)O[C@@H]1CC[C@H]2[C@@H]3CCC4=CC(=O)CC[C@]4(C)[C@H]3CC[C@]12C)C(=O)[O-]. The number of ketones is 1. The lowest BCUT2D eigenvalue weighted by Gasteiger charge is -2.57. The van der Waals surface area contributed by atoms with Crippen molar-refractivity contribution in [1.82, 2.24) is 5.32 Å². The van der Waals surface area contributed by atoms with Gasteiger partial charge in [-0.2, -0.15) is 0 Å². The summed E-state index contributed by atoms with van der Waals surface area (Å²) in [6.45, 7) is 5.85. The van der Waals surface area contributed by atoms with E-state index in [1.807, 2.05) is 6.08 Å². The highest BCUT2D eigenvalue weighted by molar-refractivity contribution is 5.91. The summed E-state index contributed by atoms with van der Waals surface area (Å²) in [6.07, 6.45) is 7.61. The average molecular weight is 489 g/mol. The average Bonchev–Trinajstić information content (AvgIpc) is 3.12. The molecule has 0 aromatic rings. The first-order valence-electron chi connectivity index (χ1n) is 13.1. The van der Waals surface area contributed by atoms with Crippen LogP contribution in [0.5, 0.6) is 0 Å². The molecule has 0 saturated heterocycles. The van der Waals surface area contributed by atoms with Gasteiger partial charge in [-0.25, -0.2) is 0 Å². The Hall–Kier alpha value is -2.22. The monoisotopic (exact) mass is 488 g/mol. The van der Waals surface area contributed by atoms with E-state index < -0.39 is 30.0 Å². The number of carbonyl (C=O) groups is 4. The zero-order valence-corrected chi connectivity index (χ0v) is 21.0. The Morgan fingerprint density at radius 2 is 1.86 bits per heavy atom. The van der Waals surface area contributed by atoms with Gasteiger partial charge >= 0.3 is 5.97 Å². The molecule has 4 aliphatic carbocycles. The molecule has 4 aliphatic rings. The summed E-state index contributed by atoms with van der Waals surface area (Å²) >= 11 is 0. The van der Waals surface area contributed by atoms with Crippen molar-refractivity contribution in [2.24, 2.45) is 28.6 Å². The first kappa shape index (κ1) is 25.9. The second-order valence-electron chi connectivity index (χ2n) is 11.7. The number of hydrogen-bond acceptors (Lipinski definition) is 7. The van der Waals surface area contributed by atoms with Crippen LogP contribution in [0.1, 0.15) is 85.0 Å². The third-order valence-corrected chi connectivity index (χ3v) is 9.76. The fourth-order valence-corrected chi connectivity index (χ4v) is 7.76. The van der Waals surface area contributed by atoms with E-state index in [4.69, 9.17) is 4.74 Å². The molecule has 0 aromatic heterocycles. The minimum Gasteiger partial charge on any atom is -0.548 e. The molecule has 4 rings (SSSR count). The maximum atomic E-state index is 12.6. The van der Waals surface area contributed by atoms with Gasteiger partial charge in [0.05, 0.1) is 24.5 Å². The number of carbonyl (C=O) groups excluding carboxylic acids is 4. The predicted octanol–water partition coefficient (Wildman–Crippen LogP) is 1.83.